The molecule has 1 aromatic rings. The van der Waals surface area contributed by atoms with Crippen LogP contribution >= 0.6 is 39.5 Å². The molecule has 0 atom stereocenters. The van der Waals surface area contributed by atoms with Crippen LogP contribution in [0.15, 0.2) is 12.4 Å². The van der Waals surface area contributed by atoms with Gasteiger partial charge in [0.2, 0.25) is 0 Å². The van der Waals surface area contributed by atoms with E-state index < -0.39 is 12.6 Å². The summed E-state index contributed by atoms with van der Waals surface area (Å²) in [5, 5.41) is 17.7. The molecule has 0 aliphatic heterocycles. The van der Waals surface area contributed by atoms with Gasteiger partial charge in [0.1, 0.15) is 12.4 Å². The first kappa shape index (κ1) is 19.7. The monoisotopic (exact) mass is 461 g/mol. The minimum absolute atomic E-state index is 0.206. The fourth-order valence-electron chi connectivity index (χ4n) is 1.60. The number of aryl methyl sites for hydroxylation is 1. The average Bonchev–Trinajstić information content (AvgIpc) is 2.96. The van der Waals surface area contributed by atoms with Crippen molar-refractivity contribution in [3.05, 3.63) is 22.5 Å². The van der Waals surface area contributed by atoms with Gasteiger partial charge in [0.25, 0.3) is 0 Å². The molecule has 1 rings (SSSR count). The van der Waals surface area contributed by atoms with Gasteiger partial charge < -0.3 is 14.6 Å². The number of alkyl halides is 2. The van der Waals surface area contributed by atoms with E-state index in [1.54, 1.807) is 0 Å². The average molecular weight is 463 g/mol. The molecule has 0 aliphatic carbocycles. The van der Waals surface area contributed by atoms with Gasteiger partial charge in [-0.15, -0.1) is 0 Å². The maximum Gasteiger partial charge on any atom is 0.434 e. The molecule has 0 aromatic carbocycles. The molecule has 0 unspecified atom stereocenters. The molecule has 12 heteroatoms. The van der Waals surface area contributed by atoms with Gasteiger partial charge in [0, 0.05) is 30.2 Å². The molecule has 0 spiro atoms. The Kier molecular flexibility index (Phi) is 9.37. The first-order valence-corrected chi connectivity index (χ1v) is 10.4. The number of nitrogens with one attached hydrogen (secondary N) is 2. The van der Waals surface area contributed by atoms with E-state index in [1.807, 2.05) is 0 Å². The van der Waals surface area contributed by atoms with E-state index in [-0.39, 0.29) is 12.6 Å². The van der Waals surface area contributed by atoms with Crippen molar-refractivity contribution in [3.63, 3.8) is 0 Å². The van der Waals surface area contributed by atoms with E-state index in [0.29, 0.717) is 36.7 Å². The molecule has 0 saturated heterocycles. The van der Waals surface area contributed by atoms with Crippen LogP contribution in [0, 0.1) is 10.1 Å². The first-order valence-electron chi connectivity index (χ1n) is 6.54. The van der Waals surface area contributed by atoms with Crippen LogP contribution in [0.1, 0.15) is 6.42 Å². The summed E-state index contributed by atoms with van der Waals surface area (Å²) in [5.41, 5.74) is 0. The molecule has 1 heterocycles. The minimum Gasteiger partial charge on any atom is -0.390 e. The van der Waals surface area contributed by atoms with Crippen molar-refractivity contribution in [2.45, 2.75) is 13.0 Å². The molecule has 0 bridgehead atoms. The van der Waals surface area contributed by atoms with Crippen molar-refractivity contribution in [2.24, 2.45) is 0 Å². The lowest BCUT2D eigenvalue weighted by atomic mass is 10.4. The molecule has 126 valence electrons. The van der Waals surface area contributed by atoms with Gasteiger partial charge in [0.15, 0.2) is 0 Å². The molecule has 2 N–H and O–H groups in total. The van der Waals surface area contributed by atoms with E-state index in [2.05, 4.69) is 47.0 Å². The summed E-state index contributed by atoms with van der Waals surface area (Å²) in [6.45, 7) is 1.57. The van der Waals surface area contributed by atoms with Crippen LogP contribution in [0.3, 0.4) is 0 Å². The van der Waals surface area contributed by atoms with E-state index in [0.717, 1.165) is 0 Å². The predicted molar refractivity (Wildman–Crippen MR) is 90.7 cm³/mol. The van der Waals surface area contributed by atoms with Crippen LogP contribution in [0.25, 0.3) is 0 Å². The number of halogens is 2. The van der Waals surface area contributed by atoms with E-state index in [9.17, 15) is 14.7 Å². The van der Waals surface area contributed by atoms with Gasteiger partial charge in [-0.05, 0) is 4.92 Å². The third-order valence-corrected chi connectivity index (χ3v) is 5.12. The normalized spacial score (nSPS) is 11.7. The van der Waals surface area contributed by atoms with E-state index >= 15 is 0 Å². The molecule has 0 amide bonds. The summed E-state index contributed by atoms with van der Waals surface area (Å²) in [7, 11) is -3.11. The Hall–Kier alpha value is -0.320. The third-order valence-electron chi connectivity index (χ3n) is 2.50. The van der Waals surface area contributed by atoms with Gasteiger partial charge >= 0.3 is 13.6 Å². The maximum absolute atomic E-state index is 12.5. The van der Waals surface area contributed by atoms with Crippen molar-refractivity contribution < 1.29 is 14.0 Å². The largest absolute Gasteiger partial charge is 0.434 e. The van der Waals surface area contributed by atoms with Crippen LogP contribution in [0.5, 0.6) is 0 Å². The standard InChI is InChI=1S/C10H18Br2N5O4P/c11-2-4-14-22(20,15-5-3-12)21-9-1-7-16-8-6-13-10(16)17(18)19/h6,8H,1-5,7,9H2,(H2,14,15,20). The number of nitro groups is 1. The Morgan fingerprint density at radius 2 is 2.00 bits per heavy atom. The molecule has 9 nitrogen and oxygen atoms in total. The summed E-state index contributed by atoms with van der Waals surface area (Å²) in [4.78, 5) is 13.8. The quantitative estimate of drug-likeness (QED) is 0.161. The lowest BCUT2D eigenvalue weighted by Crippen LogP contribution is -2.27. The summed E-state index contributed by atoms with van der Waals surface area (Å²) < 4.78 is 19.3. The predicted octanol–water partition coefficient (Wildman–Crippen LogP) is 2.28. The topological polar surface area (TPSA) is 111 Å². The second-order valence-electron chi connectivity index (χ2n) is 4.11. The van der Waals surface area contributed by atoms with Crippen molar-refractivity contribution in [2.75, 3.05) is 30.4 Å². The Labute approximate surface area is 145 Å². The molecule has 0 aliphatic rings. The summed E-state index contributed by atoms with van der Waals surface area (Å²) in [5.74, 6) is -0.210. The zero-order valence-corrected chi connectivity index (χ0v) is 15.8. The Morgan fingerprint density at radius 3 is 2.55 bits per heavy atom. The van der Waals surface area contributed by atoms with E-state index in [1.165, 1.54) is 17.0 Å². The van der Waals surface area contributed by atoms with Gasteiger partial charge in [-0.2, -0.15) is 0 Å². The van der Waals surface area contributed by atoms with Crippen molar-refractivity contribution >= 4 is 45.5 Å². The summed E-state index contributed by atoms with van der Waals surface area (Å²) >= 11 is 6.50. The summed E-state index contributed by atoms with van der Waals surface area (Å²) in [6, 6.07) is 0. The highest BCUT2D eigenvalue weighted by Gasteiger charge is 2.21. The molecule has 0 saturated carbocycles. The van der Waals surface area contributed by atoms with Gasteiger partial charge in [-0.25, -0.2) is 14.7 Å². The Bertz CT molecular complexity index is 503. The number of rotatable bonds is 12. The SMILES string of the molecule is O=[N+]([O-])c1nccn1CCCOP(=O)(NCCBr)NCCBr. The van der Waals surface area contributed by atoms with Gasteiger partial charge in [-0.3, -0.25) is 4.57 Å². The second-order valence-corrected chi connectivity index (χ2v) is 7.69. The summed E-state index contributed by atoms with van der Waals surface area (Å²) in [6.07, 6.45) is 3.38. The fourth-order valence-corrected chi connectivity index (χ4v) is 4.10. The smallest absolute Gasteiger partial charge is 0.390 e. The first-order chi connectivity index (χ1) is 10.5. The zero-order valence-electron chi connectivity index (χ0n) is 11.8. The van der Waals surface area contributed by atoms with Crippen LogP contribution < -0.4 is 10.2 Å². The number of imidazole rings is 1. The van der Waals surface area contributed by atoms with Gasteiger partial charge in [0.05, 0.1) is 13.2 Å². The van der Waals surface area contributed by atoms with Crippen LogP contribution in [-0.4, -0.2) is 44.8 Å². The highest BCUT2D eigenvalue weighted by Crippen LogP contribution is 2.37. The zero-order chi connectivity index (χ0) is 16.4. The van der Waals surface area contributed by atoms with Crippen molar-refractivity contribution in [3.8, 4) is 0 Å². The molecular weight excluding hydrogens is 445 g/mol. The van der Waals surface area contributed by atoms with Crippen LogP contribution in [0.4, 0.5) is 5.95 Å². The maximum atomic E-state index is 12.5. The highest BCUT2D eigenvalue weighted by atomic mass is 79.9. The third kappa shape index (κ3) is 6.84. The number of hydrogen-bond acceptors (Lipinski definition) is 5. The van der Waals surface area contributed by atoms with E-state index in [4.69, 9.17) is 4.52 Å². The molecule has 0 fully saturated rings. The minimum atomic E-state index is -3.11. The number of hydrogen-bond donors (Lipinski definition) is 2. The van der Waals surface area contributed by atoms with Crippen LogP contribution in [0.2, 0.25) is 0 Å². The Balaban J connectivity index is 2.43. The second kappa shape index (κ2) is 10.5. The van der Waals surface area contributed by atoms with Gasteiger partial charge in [-0.1, -0.05) is 36.8 Å². The molecular formula is C10H18Br2N5O4P. The lowest BCUT2D eigenvalue weighted by molar-refractivity contribution is -0.396. The van der Waals surface area contributed by atoms with Crippen molar-refractivity contribution in [1.29, 1.82) is 0 Å². The molecule has 22 heavy (non-hydrogen) atoms. The lowest BCUT2D eigenvalue weighted by Gasteiger charge is -2.19. The van der Waals surface area contributed by atoms with Crippen LogP contribution in [-0.2, 0) is 15.6 Å². The fraction of sp³-hybridized carbons (Fsp3) is 0.700. The highest BCUT2D eigenvalue weighted by molar-refractivity contribution is 9.09. The Morgan fingerprint density at radius 1 is 1.36 bits per heavy atom. The molecule has 0 radical (unpaired) electrons. The molecule has 1 aromatic heterocycles. The van der Waals surface area contributed by atoms with Crippen molar-refractivity contribution in [1.82, 2.24) is 19.7 Å². The number of aromatic nitrogens is 2. The number of nitrogens with zero attached hydrogens (tertiary/aromatic N) is 3.